The van der Waals surface area contributed by atoms with Crippen molar-refractivity contribution >= 4 is 50.2 Å². The molecule has 0 bridgehead atoms. The Balaban J connectivity index is 1.52. The number of hydrogen-bond donors (Lipinski definition) is 2. The summed E-state index contributed by atoms with van der Waals surface area (Å²) in [5.41, 5.74) is 2.71. The van der Waals surface area contributed by atoms with Gasteiger partial charge < -0.3 is 5.32 Å². The van der Waals surface area contributed by atoms with Crippen LogP contribution in [0.25, 0.3) is 10.9 Å². The minimum absolute atomic E-state index is 0.0922. The van der Waals surface area contributed by atoms with Gasteiger partial charge in [-0.05, 0) is 37.3 Å². The smallest absolute Gasteiger partial charge is 0.229 e. The number of nitrogens with zero attached hydrogens (tertiary/aromatic N) is 2. The third-order valence-electron chi connectivity index (χ3n) is 4.58. The molecule has 0 spiro atoms. The Morgan fingerprint density at radius 3 is 2.81 bits per heavy atom. The predicted molar refractivity (Wildman–Crippen MR) is 104 cm³/mol. The molecule has 26 heavy (non-hydrogen) atoms. The van der Waals surface area contributed by atoms with Crippen molar-refractivity contribution in [3.63, 3.8) is 0 Å². The van der Waals surface area contributed by atoms with Crippen LogP contribution < -0.4 is 10.2 Å². The highest BCUT2D eigenvalue weighted by molar-refractivity contribution is 9.10. The van der Waals surface area contributed by atoms with E-state index in [2.05, 4.69) is 31.4 Å². The molecular formula is C19H17BrN4O2. The second-order valence-corrected chi connectivity index (χ2v) is 7.41. The fourth-order valence-electron chi connectivity index (χ4n) is 3.15. The predicted octanol–water partition coefficient (Wildman–Crippen LogP) is 3.63. The lowest BCUT2D eigenvalue weighted by molar-refractivity contribution is -0.122. The number of anilines is 2. The highest BCUT2D eigenvalue weighted by Gasteiger charge is 2.36. The number of aromatic nitrogens is 2. The van der Waals surface area contributed by atoms with E-state index in [4.69, 9.17) is 0 Å². The Labute approximate surface area is 158 Å². The number of benzene rings is 2. The van der Waals surface area contributed by atoms with Gasteiger partial charge in [-0.15, -0.1) is 0 Å². The fourth-order valence-corrected chi connectivity index (χ4v) is 3.51. The van der Waals surface area contributed by atoms with Crippen LogP contribution in [0.2, 0.25) is 0 Å². The molecule has 2 N–H and O–H groups in total. The van der Waals surface area contributed by atoms with Crippen LogP contribution in [-0.4, -0.2) is 28.6 Å². The molecule has 1 aliphatic heterocycles. The molecule has 1 fully saturated rings. The van der Waals surface area contributed by atoms with E-state index in [0.29, 0.717) is 12.4 Å². The fraction of sp³-hybridized carbons (Fsp3) is 0.211. The SMILES string of the molecule is Cc1ccc(NC(=O)[C@@H]2CC(=O)N(c3n[nH]c4cc(Br)ccc34)C2)cc1. The van der Waals surface area contributed by atoms with Gasteiger partial charge in [0.15, 0.2) is 5.82 Å². The Bertz CT molecular complexity index is 996. The largest absolute Gasteiger partial charge is 0.326 e. The van der Waals surface area contributed by atoms with Crippen LogP contribution in [0.4, 0.5) is 11.5 Å². The van der Waals surface area contributed by atoms with Crippen molar-refractivity contribution in [2.45, 2.75) is 13.3 Å². The molecule has 1 aliphatic rings. The molecule has 1 saturated heterocycles. The first-order valence-corrected chi connectivity index (χ1v) is 9.12. The molecule has 0 unspecified atom stereocenters. The quantitative estimate of drug-likeness (QED) is 0.689. The molecule has 2 amide bonds. The molecule has 7 heteroatoms. The monoisotopic (exact) mass is 412 g/mol. The lowest BCUT2D eigenvalue weighted by Crippen LogP contribution is -2.28. The van der Waals surface area contributed by atoms with Crippen LogP contribution in [0, 0.1) is 12.8 Å². The first kappa shape index (κ1) is 16.8. The molecule has 0 saturated carbocycles. The average molecular weight is 413 g/mol. The Kier molecular flexibility index (Phi) is 4.24. The number of halogens is 1. The number of aromatic amines is 1. The van der Waals surface area contributed by atoms with Crippen LogP contribution in [-0.2, 0) is 9.59 Å². The number of hydrogen-bond acceptors (Lipinski definition) is 3. The summed E-state index contributed by atoms with van der Waals surface area (Å²) in [5, 5.41) is 11.0. The number of H-pyrrole nitrogens is 1. The maximum atomic E-state index is 12.5. The van der Waals surface area contributed by atoms with Gasteiger partial charge in [-0.25, -0.2) is 0 Å². The topological polar surface area (TPSA) is 78.1 Å². The van der Waals surface area contributed by atoms with Gasteiger partial charge in [0.2, 0.25) is 11.8 Å². The van der Waals surface area contributed by atoms with Gasteiger partial charge in [0.1, 0.15) is 0 Å². The molecular weight excluding hydrogens is 396 g/mol. The summed E-state index contributed by atoms with van der Waals surface area (Å²) in [6, 6.07) is 13.3. The van der Waals surface area contributed by atoms with Gasteiger partial charge in [0.05, 0.1) is 11.4 Å². The summed E-state index contributed by atoms with van der Waals surface area (Å²) in [6.45, 7) is 2.32. The summed E-state index contributed by atoms with van der Waals surface area (Å²) in [5.74, 6) is -0.0631. The van der Waals surface area contributed by atoms with E-state index in [1.165, 1.54) is 0 Å². The zero-order chi connectivity index (χ0) is 18.3. The van der Waals surface area contributed by atoms with Crippen molar-refractivity contribution < 1.29 is 9.59 Å². The van der Waals surface area contributed by atoms with Crippen molar-refractivity contribution in [1.29, 1.82) is 0 Å². The van der Waals surface area contributed by atoms with Gasteiger partial charge in [0, 0.05) is 28.5 Å². The van der Waals surface area contributed by atoms with Crippen LogP contribution in [0.5, 0.6) is 0 Å². The van der Waals surface area contributed by atoms with Crippen LogP contribution in [0.15, 0.2) is 46.9 Å². The highest BCUT2D eigenvalue weighted by atomic mass is 79.9. The van der Waals surface area contributed by atoms with E-state index in [-0.39, 0.29) is 18.2 Å². The van der Waals surface area contributed by atoms with Crippen LogP contribution in [0.1, 0.15) is 12.0 Å². The highest BCUT2D eigenvalue weighted by Crippen LogP contribution is 2.31. The standard InChI is InChI=1S/C19H17BrN4O2/c1-11-2-5-14(6-3-11)21-19(26)12-8-17(25)24(10-12)18-15-7-4-13(20)9-16(15)22-23-18/h2-7,9,12H,8,10H2,1H3,(H,21,26)(H,22,23)/t12-/m1/s1. The second kappa shape index (κ2) is 6.57. The zero-order valence-corrected chi connectivity index (χ0v) is 15.7. The van der Waals surface area contributed by atoms with E-state index in [1.807, 2.05) is 49.4 Å². The molecule has 0 aliphatic carbocycles. The third kappa shape index (κ3) is 3.10. The van der Waals surface area contributed by atoms with E-state index in [9.17, 15) is 9.59 Å². The van der Waals surface area contributed by atoms with Crippen molar-refractivity contribution in [1.82, 2.24) is 10.2 Å². The first-order valence-electron chi connectivity index (χ1n) is 8.33. The van der Waals surface area contributed by atoms with E-state index in [0.717, 1.165) is 26.6 Å². The summed E-state index contributed by atoms with van der Waals surface area (Å²) in [4.78, 5) is 26.6. The van der Waals surface area contributed by atoms with Gasteiger partial charge in [-0.3, -0.25) is 19.6 Å². The Morgan fingerprint density at radius 2 is 2.04 bits per heavy atom. The number of nitrogens with one attached hydrogen (secondary N) is 2. The number of carbonyl (C=O) groups excluding carboxylic acids is 2. The normalized spacial score (nSPS) is 17.1. The molecule has 6 nitrogen and oxygen atoms in total. The molecule has 1 aromatic heterocycles. The van der Waals surface area contributed by atoms with Crippen molar-refractivity contribution in [2.24, 2.45) is 5.92 Å². The average Bonchev–Trinajstić information content (AvgIpc) is 3.19. The molecule has 1 atom stereocenters. The van der Waals surface area contributed by atoms with Gasteiger partial charge in [-0.2, -0.15) is 5.10 Å². The number of rotatable bonds is 3. The van der Waals surface area contributed by atoms with Gasteiger partial charge in [-0.1, -0.05) is 33.6 Å². The number of amides is 2. The minimum Gasteiger partial charge on any atom is -0.326 e. The number of carbonyl (C=O) groups is 2. The third-order valence-corrected chi connectivity index (χ3v) is 5.07. The molecule has 2 aromatic carbocycles. The molecule has 0 radical (unpaired) electrons. The van der Waals surface area contributed by atoms with Crippen molar-refractivity contribution in [3.05, 3.63) is 52.5 Å². The van der Waals surface area contributed by atoms with Crippen molar-refractivity contribution in [2.75, 3.05) is 16.8 Å². The van der Waals surface area contributed by atoms with Crippen LogP contribution >= 0.6 is 15.9 Å². The zero-order valence-electron chi connectivity index (χ0n) is 14.1. The summed E-state index contributed by atoms with van der Waals surface area (Å²) in [6.07, 6.45) is 0.183. The van der Waals surface area contributed by atoms with E-state index < -0.39 is 5.92 Å². The van der Waals surface area contributed by atoms with Gasteiger partial charge in [0.25, 0.3) is 0 Å². The molecule has 2 heterocycles. The summed E-state index contributed by atoms with van der Waals surface area (Å²) >= 11 is 3.42. The maximum Gasteiger partial charge on any atom is 0.229 e. The second-order valence-electron chi connectivity index (χ2n) is 6.50. The maximum absolute atomic E-state index is 12.5. The number of aryl methyl sites for hydroxylation is 1. The minimum atomic E-state index is -0.397. The van der Waals surface area contributed by atoms with Crippen molar-refractivity contribution in [3.8, 4) is 0 Å². The van der Waals surface area contributed by atoms with Crippen LogP contribution in [0.3, 0.4) is 0 Å². The summed E-state index contributed by atoms with van der Waals surface area (Å²) in [7, 11) is 0. The Hall–Kier alpha value is -2.67. The van der Waals surface area contributed by atoms with E-state index in [1.54, 1.807) is 4.90 Å². The summed E-state index contributed by atoms with van der Waals surface area (Å²) < 4.78 is 0.934. The Morgan fingerprint density at radius 1 is 1.27 bits per heavy atom. The first-order chi connectivity index (χ1) is 12.5. The van der Waals surface area contributed by atoms with Gasteiger partial charge >= 0.3 is 0 Å². The lowest BCUT2D eigenvalue weighted by Gasteiger charge is -2.14. The molecule has 132 valence electrons. The lowest BCUT2D eigenvalue weighted by atomic mass is 10.1. The number of fused-ring (bicyclic) bond motifs is 1. The molecule has 3 aromatic rings. The molecule has 4 rings (SSSR count). The van der Waals surface area contributed by atoms with E-state index >= 15 is 0 Å².